The maximum absolute atomic E-state index is 12.3. The van der Waals surface area contributed by atoms with Gasteiger partial charge < -0.3 is 23.9 Å². The van der Waals surface area contributed by atoms with Crippen LogP contribution < -0.4 is 14.8 Å². The summed E-state index contributed by atoms with van der Waals surface area (Å²) in [6, 6.07) is 11.4. The largest absolute Gasteiger partial charge is 0.493 e. The zero-order valence-electron chi connectivity index (χ0n) is 15.4. The molecule has 1 aromatic heterocycles. The van der Waals surface area contributed by atoms with Gasteiger partial charge in [-0.05, 0) is 43.3 Å². The van der Waals surface area contributed by atoms with Gasteiger partial charge in [-0.25, -0.2) is 4.79 Å². The van der Waals surface area contributed by atoms with Crippen LogP contribution in [-0.4, -0.2) is 32.2 Å². The van der Waals surface area contributed by atoms with Gasteiger partial charge in [-0.2, -0.15) is 0 Å². The fraction of sp³-hybridized carbons (Fsp3) is 0.200. The Morgan fingerprint density at radius 1 is 1.04 bits per heavy atom. The molecule has 0 radical (unpaired) electrons. The van der Waals surface area contributed by atoms with E-state index in [0.29, 0.717) is 33.2 Å². The molecule has 7 nitrogen and oxygen atoms in total. The minimum Gasteiger partial charge on any atom is -0.493 e. The quantitative estimate of drug-likeness (QED) is 0.618. The van der Waals surface area contributed by atoms with Crippen molar-refractivity contribution >= 4 is 40.1 Å². The number of methoxy groups -OCH3 is 2. The summed E-state index contributed by atoms with van der Waals surface area (Å²) in [6.45, 7) is 1.47. The fourth-order valence-electron chi connectivity index (χ4n) is 2.54. The van der Waals surface area contributed by atoms with Gasteiger partial charge in [-0.1, -0.05) is 11.6 Å². The lowest BCUT2D eigenvalue weighted by Crippen LogP contribution is -2.29. The van der Waals surface area contributed by atoms with E-state index in [0.717, 1.165) is 0 Å². The molecule has 0 saturated heterocycles. The number of carbonyl (C=O) groups excluding carboxylic acids is 2. The summed E-state index contributed by atoms with van der Waals surface area (Å²) in [5.74, 6) is -0.263. The van der Waals surface area contributed by atoms with Crippen molar-refractivity contribution in [2.75, 3.05) is 19.5 Å². The second-order valence-corrected chi connectivity index (χ2v) is 6.34. The van der Waals surface area contributed by atoms with Crippen molar-refractivity contribution in [2.45, 2.75) is 13.0 Å². The SMILES string of the molecule is COc1ccc(NC(=O)[C@H](C)OC(=O)c2cc3cc(Cl)ccc3o2)cc1OC. The van der Waals surface area contributed by atoms with Crippen molar-refractivity contribution in [1.29, 1.82) is 0 Å². The number of ether oxygens (including phenoxy) is 3. The number of esters is 1. The second-order valence-electron chi connectivity index (χ2n) is 5.90. The molecule has 0 aliphatic rings. The van der Waals surface area contributed by atoms with Crippen LogP contribution in [0.3, 0.4) is 0 Å². The first-order chi connectivity index (χ1) is 13.4. The van der Waals surface area contributed by atoms with E-state index in [2.05, 4.69) is 5.32 Å². The highest BCUT2D eigenvalue weighted by atomic mass is 35.5. The van der Waals surface area contributed by atoms with E-state index >= 15 is 0 Å². The van der Waals surface area contributed by atoms with Gasteiger partial charge in [-0.3, -0.25) is 4.79 Å². The van der Waals surface area contributed by atoms with Gasteiger partial charge in [0, 0.05) is 22.2 Å². The topological polar surface area (TPSA) is 87.0 Å². The van der Waals surface area contributed by atoms with Crippen LogP contribution in [0.1, 0.15) is 17.5 Å². The van der Waals surface area contributed by atoms with Gasteiger partial charge in [-0.15, -0.1) is 0 Å². The molecule has 3 aromatic rings. The van der Waals surface area contributed by atoms with Crippen molar-refractivity contribution in [3.8, 4) is 11.5 Å². The summed E-state index contributed by atoms with van der Waals surface area (Å²) in [4.78, 5) is 24.6. The van der Waals surface area contributed by atoms with Crippen LogP contribution >= 0.6 is 11.6 Å². The van der Waals surface area contributed by atoms with Crippen LogP contribution in [0.5, 0.6) is 11.5 Å². The lowest BCUT2D eigenvalue weighted by Gasteiger charge is -2.14. The average Bonchev–Trinajstić information content (AvgIpc) is 3.11. The minimum atomic E-state index is -1.04. The molecule has 0 spiro atoms. The van der Waals surface area contributed by atoms with Crippen LogP contribution in [0.15, 0.2) is 46.9 Å². The van der Waals surface area contributed by atoms with Gasteiger partial charge in [0.2, 0.25) is 5.76 Å². The van der Waals surface area contributed by atoms with Gasteiger partial charge in [0.25, 0.3) is 5.91 Å². The predicted molar refractivity (Wildman–Crippen MR) is 104 cm³/mol. The summed E-state index contributed by atoms with van der Waals surface area (Å²) in [6.07, 6.45) is -1.04. The molecular formula is C20H18ClNO6. The van der Waals surface area contributed by atoms with E-state index in [9.17, 15) is 9.59 Å². The molecule has 0 unspecified atom stereocenters. The van der Waals surface area contributed by atoms with Gasteiger partial charge in [0.15, 0.2) is 17.6 Å². The molecule has 1 amide bonds. The summed E-state index contributed by atoms with van der Waals surface area (Å²) < 4.78 is 21.0. The number of fused-ring (bicyclic) bond motifs is 1. The molecule has 28 heavy (non-hydrogen) atoms. The zero-order valence-corrected chi connectivity index (χ0v) is 16.2. The van der Waals surface area contributed by atoms with E-state index in [4.69, 9.17) is 30.2 Å². The van der Waals surface area contributed by atoms with E-state index in [-0.39, 0.29) is 5.76 Å². The smallest absolute Gasteiger partial charge is 0.375 e. The lowest BCUT2D eigenvalue weighted by molar-refractivity contribution is -0.123. The molecule has 1 heterocycles. The third kappa shape index (κ3) is 4.20. The number of hydrogen-bond acceptors (Lipinski definition) is 6. The lowest BCUT2D eigenvalue weighted by atomic mass is 10.2. The van der Waals surface area contributed by atoms with Crippen molar-refractivity contribution < 1.29 is 28.2 Å². The molecule has 0 aliphatic heterocycles. The summed E-state index contributed by atoms with van der Waals surface area (Å²) in [5.41, 5.74) is 0.975. The Kier molecular flexibility index (Phi) is 5.75. The van der Waals surface area contributed by atoms with Gasteiger partial charge >= 0.3 is 5.97 Å². The molecule has 0 bridgehead atoms. The molecule has 0 aliphatic carbocycles. The highest BCUT2D eigenvalue weighted by molar-refractivity contribution is 6.31. The summed E-state index contributed by atoms with van der Waals surface area (Å²) in [7, 11) is 3.01. The molecule has 0 saturated carbocycles. The summed E-state index contributed by atoms with van der Waals surface area (Å²) >= 11 is 5.92. The van der Waals surface area contributed by atoms with Crippen LogP contribution in [-0.2, 0) is 9.53 Å². The van der Waals surface area contributed by atoms with E-state index < -0.39 is 18.0 Å². The van der Waals surface area contributed by atoms with Crippen LogP contribution in [0.25, 0.3) is 11.0 Å². The van der Waals surface area contributed by atoms with Crippen molar-refractivity contribution in [2.24, 2.45) is 0 Å². The number of hydrogen-bond donors (Lipinski definition) is 1. The molecule has 146 valence electrons. The number of rotatable bonds is 6. The Hall–Kier alpha value is -3.19. The molecule has 1 atom stereocenters. The average molecular weight is 404 g/mol. The number of furan rings is 1. The second kappa shape index (κ2) is 8.22. The van der Waals surface area contributed by atoms with E-state index in [1.54, 1.807) is 36.4 Å². The third-order valence-corrected chi connectivity index (χ3v) is 4.22. The van der Waals surface area contributed by atoms with Crippen molar-refractivity contribution in [1.82, 2.24) is 0 Å². The molecular weight excluding hydrogens is 386 g/mol. The van der Waals surface area contributed by atoms with E-state index in [1.165, 1.54) is 27.2 Å². The minimum absolute atomic E-state index is 0.0111. The Morgan fingerprint density at radius 2 is 1.79 bits per heavy atom. The molecule has 3 rings (SSSR count). The molecule has 2 aromatic carbocycles. The number of nitrogens with one attached hydrogen (secondary N) is 1. The predicted octanol–water partition coefficient (Wildman–Crippen LogP) is 4.29. The van der Waals surface area contributed by atoms with Gasteiger partial charge in [0.1, 0.15) is 5.58 Å². The molecule has 0 fully saturated rings. The number of anilines is 1. The highest BCUT2D eigenvalue weighted by Gasteiger charge is 2.22. The first-order valence-corrected chi connectivity index (χ1v) is 8.72. The van der Waals surface area contributed by atoms with Crippen LogP contribution in [0, 0.1) is 0 Å². The first kappa shape index (κ1) is 19.6. The normalized spacial score (nSPS) is 11.7. The maximum Gasteiger partial charge on any atom is 0.375 e. The van der Waals surface area contributed by atoms with Crippen LogP contribution in [0.2, 0.25) is 5.02 Å². The van der Waals surface area contributed by atoms with E-state index in [1.807, 2.05) is 0 Å². The number of halogens is 1. The Labute approximate surface area is 166 Å². The zero-order chi connectivity index (χ0) is 20.3. The monoisotopic (exact) mass is 403 g/mol. The Bertz CT molecular complexity index is 1030. The van der Waals surface area contributed by atoms with Crippen molar-refractivity contribution in [3.05, 3.63) is 53.2 Å². The third-order valence-electron chi connectivity index (χ3n) is 3.98. The maximum atomic E-state index is 12.3. The molecule has 8 heteroatoms. The standard InChI is InChI=1S/C20H18ClNO6/c1-11(19(23)22-14-5-7-16(25-2)17(10-14)26-3)27-20(24)18-9-12-8-13(21)4-6-15(12)28-18/h4-11H,1-3H3,(H,22,23)/t11-/m0/s1. The Balaban J connectivity index is 1.66. The molecule has 1 N–H and O–H groups in total. The number of benzene rings is 2. The highest BCUT2D eigenvalue weighted by Crippen LogP contribution is 2.30. The van der Waals surface area contributed by atoms with Crippen molar-refractivity contribution in [3.63, 3.8) is 0 Å². The fourth-order valence-corrected chi connectivity index (χ4v) is 2.73. The first-order valence-electron chi connectivity index (χ1n) is 8.34. The van der Waals surface area contributed by atoms with Gasteiger partial charge in [0.05, 0.1) is 14.2 Å². The number of carbonyl (C=O) groups is 2. The Morgan fingerprint density at radius 3 is 2.50 bits per heavy atom. The van der Waals surface area contributed by atoms with Crippen LogP contribution in [0.4, 0.5) is 5.69 Å². The summed E-state index contributed by atoms with van der Waals surface area (Å²) in [5, 5.41) is 3.85. The number of amides is 1.